The van der Waals surface area contributed by atoms with Gasteiger partial charge < -0.3 is 10.5 Å². The number of hydrogen-bond acceptors (Lipinski definition) is 3. The number of nitrogens with two attached hydrogens (primary N) is 1. The van der Waals surface area contributed by atoms with Gasteiger partial charge in [-0.3, -0.25) is 0 Å². The molecule has 1 heterocycles. The van der Waals surface area contributed by atoms with E-state index in [0.717, 1.165) is 17.2 Å². The van der Waals surface area contributed by atoms with Gasteiger partial charge in [0.15, 0.2) is 0 Å². The van der Waals surface area contributed by atoms with Gasteiger partial charge in [-0.15, -0.1) is 0 Å². The molecule has 1 unspecified atom stereocenters. The van der Waals surface area contributed by atoms with Gasteiger partial charge in [0.25, 0.3) is 0 Å². The van der Waals surface area contributed by atoms with Gasteiger partial charge in [0.05, 0.1) is 7.11 Å². The first kappa shape index (κ1) is 13.1. The number of methoxy groups -OCH3 is 1. The lowest BCUT2D eigenvalue weighted by molar-refractivity contribution is 0.406. The molecule has 2 rings (SSSR count). The maximum atomic E-state index is 6.05. The predicted molar refractivity (Wildman–Crippen MR) is 75.2 cm³/mol. The molecule has 1 aromatic carbocycles. The van der Waals surface area contributed by atoms with E-state index in [4.69, 9.17) is 22.1 Å². The van der Waals surface area contributed by atoms with Crippen molar-refractivity contribution in [3.8, 4) is 5.75 Å². The number of ether oxygens (including phenoxy) is 1. The Bertz CT molecular complexity index is 391. The topological polar surface area (TPSA) is 35.2 Å². The van der Waals surface area contributed by atoms with E-state index in [1.807, 2.05) is 30.0 Å². The standard InChI is InChI=1S/C13H18ClNOS/c1-16-12-4-3-11(14)7-10(12)8-13(9-15)5-2-6-17-13/h3-4,7H,2,5-6,8-9,15H2,1H3. The molecule has 94 valence electrons. The lowest BCUT2D eigenvalue weighted by Crippen LogP contribution is -2.34. The van der Waals surface area contributed by atoms with Gasteiger partial charge in [0.2, 0.25) is 0 Å². The summed E-state index contributed by atoms with van der Waals surface area (Å²) in [6.45, 7) is 0.716. The average Bonchev–Trinajstić information content (AvgIpc) is 2.79. The number of hydrogen-bond donors (Lipinski definition) is 1. The van der Waals surface area contributed by atoms with E-state index in [2.05, 4.69) is 0 Å². The van der Waals surface area contributed by atoms with Crippen molar-refractivity contribution >= 4 is 23.4 Å². The number of thioether (sulfide) groups is 1. The van der Waals surface area contributed by atoms with Crippen molar-refractivity contribution < 1.29 is 4.74 Å². The second-order valence-corrected chi connectivity index (χ2v) is 6.47. The van der Waals surface area contributed by atoms with Crippen LogP contribution in [0, 0.1) is 0 Å². The van der Waals surface area contributed by atoms with Crippen LogP contribution in [0.25, 0.3) is 0 Å². The Morgan fingerprint density at radius 1 is 1.53 bits per heavy atom. The highest BCUT2D eigenvalue weighted by atomic mass is 35.5. The maximum absolute atomic E-state index is 6.05. The van der Waals surface area contributed by atoms with Crippen LogP contribution in [-0.4, -0.2) is 24.2 Å². The van der Waals surface area contributed by atoms with Crippen molar-refractivity contribution in [2.75, 3.05) is 19.4 Å². The fourth-order valence-corrected chi connectivity index (χ4v) is 3.94. The fraction of sp³-hybridized carbons (Fsp3) is 0.538. The Labute approximate surface area is 112 Å². The maximum Gasteiger partial charge on any atom is 0.122 e. The number of halogens is 1. The van der Waals surface area contributed by atoms with Crippen LogP contribution in [0.4, 0.5) is 0 Å². The highest BCUT2D eigenvalue weighted by Crippen LogP contribution is 2.41. The molecule has 0 aliphatic carbocycles. The molecule has 1 fully saturated rings. The monoisotopic (exact) mass is 271 g/mol. The van der Waals surface area contributed by atoms with Gasteiger partial charge in [0.1, 0.15) is 5.75 Å². The van der Waals surface area contributed by atoms with E-state index in [1.165, 1.54) is 24.2 Å². The smallest absolute Gasteiger partial charge is 0.122 e. The van der Waals surface area contributed by atoms with Gasteiger partial charge in [-0.05, 0) is 48.8 Å². The molecule has 1 aliphatic heterocycles. The summed E-state index contributed by atoms with van der Waals surface area (Å²) in [5.74, 6) is 2.12. The van der Waals surface area contributed by atoms with E-state index in [0.29, 0.717) is 6.54 Å². The van der Waals surface area contributed by atoms with Crippen molar-refractivity contribution in [2.45, 2.75) is 24.0 Å². The van der Waals surface area contributed by atoms with Gasteiger partial charge >= 0.3 is 0 Å². The summed E-state index contributed by atoms with van der Waals surface area (Å²) >= 11 is 8.04. The van der Waals surface area contributed by atoms with Crippen LogP contribution < -0.4 is 10.5 Å². The molecule has 0 radical (unpaired) electrons. The van der Waals surface area contributed by atoms with Crippen molar-refractivity contribution in [3.63, 3.8) is 0 Å². The van der Waals surface area contributed by atoms with Crippen LogP contribution in [0.3, 0.4) is 0 Å². The Hall–Kier alpha value is -0.380. The zero-order chi connectivity index (χ0) is 12.3. The molecule has 0 spiro atoms. The van der Waals surface area contributed by atoms with Crippen LogP contribution in [0.5, 0.6) is 5.75 Å². The number of benzene rings is 1. The zero-order valence-electron chi connectivity index (χ0n) is 10.0. The minimum absolute atomic E-state index is 0.179. The largest absolute Gasteiger partial charge is 0.496 e. The van der Waals surface area contributed by atoms with Crippen LogP contribution in [0.2, 0.25) is 5.02 Å². The first-order chi connectivity index (χ1) is 8.19. The Balaban J connectivity index is 2.24. The molecule has 0 saturated carbocycles. The van der Waals surface area contributed by atoms with Gasteiger partial charge in [-0.25, -0.2) is 0 Å². The SMILES string of the molecule is COc1ccc(Cl)cc1CC1(CN)CCCS1. The second-order valence-electron chi connectivity index (χ2n) is 4.47. The Kier molecular flexibility index (Phi) is 4.23. The summed E-state index contributed by atoms with van der Waals surface area (Å²) in [7, 11) is 1.70. The highest BCUT2D eigenvalue weighted by Gasteiger charge is 2.34. The van der Waals surface area contributed by atoms with Crippen LogP contribution in [0.15, 0.2) is 18.2 Å². The van der Waals surface area contributed by atoms with Gasteiger partial charge in [0, 0.05) is 16.3 Å². The third-order valence-electron chi connectivity index (χ3n) is 3.31. The average molecular weight is 272 g/mol. The third-order valence-corrected chi connectivity index (χ3v) is 5.17. The quantitative estimate of drug-likeness (QED) is 0.914. The van der Waals surface area contributed by atoms with E-state index in [-0.39, 0.29) is 4.75 Å². The van der Waals surface area contributed by atoms with Crippen LogP contribution in [0.1, 0.15) is 18.4 Å². The number of rotatable bonds is 4. The molecule has 2 nitrogen and oxygen atoms in total. The van der Waals surface area contributed by atoms with E-state index >= 15 is 0 Å². The second kappa shape index (κ2) is 5.51. The lowest BCUT2D eigenvalue weighted by Gasteiger charge is -2.27. The molecule has 17 heavy (non-hydrogen) atoms. The first-order valence-corrected chi connectivity index (χ1v) is 7.22. The third kappa shape index (κ3) is 2.90. The normalized spacial score (nSPS) is 23.9. The molecule has 2 N–H and O–H groups in total. The Morgan fingerprint density at radius 2 is 2.35 bits per heavy atom. The predicted octanol–water partition coefficient (Wildman–Crippen LogP) is 3.12. The highest BCUT2D eigenvalue weighted by molar-refractivity contribution is 8.00. The lowest BCUT2D eigenvalue weighted by atomic mass is 9.94. The molecule has 0 amide bonds. The van der Waals surface area contributed by atoms with Gasteiger partial charge in [-0.2, -0.15) is 11.8 Å². The molecule has 4 heteroatoms. The fourth-order valence-electron chi connectivity index (χ4n) is 2.36. The molecule has 1 aromatic rings. The summed E-state index contributed by atoms with van der Waals surface area (Å²) in [6, 6.07) is 5.79. The van der Waals surface area contributed by atoms with E-state index in [1.54, 1.807) is 7.11 Å². The van der Waals surface area contributed by atoms with Crippen LogP contribution in [-0.2, 0) is 6.42 Å². The van der Waals surface area contributed by atoms with Crippen molar-refractivity contribution in [3.05, 3.63) is 28.8 Å². The summed E-state index contributed by atoms with van der Waals surface area (Å²) in [6.07, 6.45) is 3.38. The van der Waals surface area contributed by atoms with Crippen molar-refractivity contribution in [1.29, 1.82) is 0 Å². The first-order valence-electron chi connectivity index (χ1n) is 5.85. The summed E-state index contributed by atoms with van der Waals surface area (Å²) in [5, 5.41) is 0.760. The summed E-state index contributed by atoms with van der Waals surface area (Å²) < 4.78 is 5.57. The Morgan fingerprint density at radius 3 is 2.94 bits per heavy atom. The van der Waals surface area contributed by atoms with Gasteiger partial charge in [-0.1, -0.05) is 11.6 Å². The van der Waals surface area contributed by atoms with E-state index in [9.17, 15) is 0 Å². The minimum atomic E-state index is 0.179. The minimum Gasteiger partial charge on any atom is -0.496 e. The molecular weight excluding hydrogens is 254 g/mol. The molecule has 0 bridgehead atoms. The molecule has 0 aromatic heterocycles. The van der Waals surface area contributed by atoms with E-state index < -0.39 is 0 Å². The molecule has 1 aliphatic rings. The molecular formula is C13H18ClNOS. The van der Waals surface area contributed by atoms with Crippen LogP contribution >= 0.6 is 23.4 Å². The summed E-state index contributed by atoms with van der Waals surface area (Å²) in [4.78, 5) is 0. The van der Waals surface area contributed by atoms with Crippen molar-refractivity contribution in [1.82, 2.24) is 0 Å². The van der Waals surface area contributed by atoms with Crippen molar-refractivity contribution in [2.24, 2.45) is 5.73 Å². The zero-order valence-corrected chi connectivity index (χ0v) is 11.6. The molecule has 1 saturated heterocycles. The molecule has 1 atom stereocenters. The summed E-state index contributed by atoms with van der Waals surface area (Å²) in [5.41, 5.74) is 7.12.